The second-order valence-corrected chi connectivity index (χ2v) is 5.26. The summed E-state index contributed by atoms with van der Waals surface area (Å²) in [5.41, 5.74) is 2.11. The van der Waals surface area contributed by atoms with E-state index in [-0.39, 0.29) is 6.61 Å². The van der Waals surface area contributed by atoms with Crippen LogP contribution in [-0.4, -0.2) is 23.2 Å². The van der Waals surface area contributed by atoms with E-state index in [0.29, 0.717) is 5.92 Å². The van der Waals surface area contributed by atoms with Gasteiger partial charge in [-0.15, -0.1) is 0 Å². The molecule has 0 radical (unpaired) electrons. The molecule has 1 aromatic heterocycles. The summed E-state index contributed by atoms with van der Waals surface area (Å²) >= 11 is 6.17. The highest BCUT2D eigenvalue weighted by Gasteiger charge is 2.06. The third-order valence-electron chi connectivity index (χ3n) is 3.23. The van der Waals surface area contributed by atoms with Crippen LogP contribution >= 0.6 is 11.6 Å². The molecule has 1 atom stereocenters. The van der Waals surface area contributed by atoms with E-state index in [2.05, 4.69) is 17.2 Å². The molecule has 2 N–H and O–H groups in total. The molecule has 0 saturated carbocycles. The zero-order chi connectivity index (χ0) is 13.7. The lowest BCUT2D eigenvalue weighted by Crippen LogP contribution is -2.21. The van der Waals surface area contributed by atoms with Crippen LogP contribution in [-0.2, 0) is 6.54 Å². The normalized spacial score (nSPS) is 12.8. The number of fused-ring (bicyclic) bond motifs is 1. The van der Waals surface area contributed by atoms with Crippen molar-refractivity contribution in [2.75, 3.05) is 13.2 Å². The van der Waals surface area contributed by atoms with E-state index < -0.39 is 0 Å². The molecule has 2 aromatic rings. The molecule has 3 nitrogen and oxygen atoms in total. The van der Waals surface area contributed by atoms with Gasteiger partial charge in [-0.25, -0.2) is 0 Å². The van der Waals surface area contributed by atoms with Crippen LogP contribution in [0.1, 0.15) is 18.9 Å². The minimum Gasteiger partial charge on any atom is -0.396 e. The third kappa shape index (κ3) is 3.66. The van der Waals surface area contributed by atoms with Crippen molar-refractivity contribution in [3.05, 3.63) is 41.0 Å². The number of aromatic nitrogens is 1. The van der Waals surface area contributed by atoms with Crippen molar-refractivity contribution < 1.29 is 5.11 Å². The van der Waals surface area contributed by atoms with Crippen LogP contribution in [0.15, 0.2) is 30.5 Å². The first-order chi connectivity index (χ1) is 9.22. The minimum atomic E-state index is 0.244. The first kappa shape index (κ1) is 14.3. The maximum absolute atomic E-state index is 8.87. The number of pyridine rings is 1. The summed E-state index contributed by atoms with van der Waals surface area (Å²) in [6.45, 7) is 4.02. The van der Waals surface area contributed by atoms with E-state index in [9.17, 15) is 0 Å². The predicted molar refractivity (Wildman–Crippen MR) is 79.3 cm³/mol. The minimum absolute atomic E-state index is 0.244. The molecule has 1 unspecified atom stereocenters. The molecule has 0 aliphatic heterocycles. The van der Waals surface area contributed by atoms with Gasteiger partial charge in [-0.05, 0) is 42.6 Å². The maximum Gasteiger partial charge on any atom is 0.0761 e. The Labute approximate surface area is 118 Å². The van der Waals surface area contributed by atoms with Gasteiger partial charge in [-0.2, -0.15) is 0 Å². The van der Waals surface area contributed by atoms with Gasteiger partial charge in [-0.3, -0.25) is 4.98 Å². The van der Waals surface area contributed by atoms with Crippen LogP contribution in [0.4, 0.5) is 0 Å². The van der Waals surface area contributed by atoms with Crippen LogP contribution in [0.2, 0.25) is 5.02 Å². The van der Waals surface area contributed by atoms with Gasteiger partial charge in [0.15, 0.2) is 0 Å². The lowest BCUT2D eigenvalue weighted by atomic mass is 10.1. The summed E-state index contributed by atoms with van der Waals surface area (Å²) in [7, 11) is 0. The van der Waals surface area contributed by atoms with Crippen LogP contribution in [0.5, 0.6) is 0 Å². The number of hydrogen-bond donors (Lipinski definition) is 2. The number of rotatable bonds is 6. The molecule has 0 spiro atoms. The van der Waals surface area contributed by atoms with Crippen molar-refractivity contribution in [1.82, 2.24) is 10.3 Å². The Hall–Kier alpha value is -1.16. The zero-order valence-corrected chi connectivity index (χ0v) is 11.8. The highest BCUT2D eigenvalue weighted by Crippen LogP contribution is 2.24. The van der Waals surface area contributed by atoms with Crippen molar-refractivity contribution in [2.45, 2.75) is 19.9 Å². The highest BCUT2D eigenvalue weighted by molar-refractivity contribution is 6.35. The molecule has 0 aliphatic carbocycles. The fourth-order valence-electron chi connectivity index (χ4n) is 2.11. The van der Waals surface area contributed by atoms with Gasteiger partial charge in [0, 0.05) is 29.8 Å². The summed E-state index contributed by atoms with van der Waals surface area (Å²) in [5, 5.41) is 14.0. The number of halogens is 1. The lowest BCUT2D eigenvalue weighted by molar-refractivity contribution is 0.260. The maximum atomic E-state index is 8.87. The largest absolute Gasteiger partial charge is 0.396 e. The topological polar surface area (TPSA) is 45.1 Å². The Bertz CT molecular complexity index is 545. The smallest absolute Gasteiger partial charge is 0.0761 e. The number of hydrogen-bond acceptors (Lipinski definition) is 3. The van der Waals surface area contributed by atoms with Crippen molar-refractivity contribution in [3.63, 3.8) is 0 Å². The van der Waals surface area contributed by atoms with Gasteiger partial charge in [0.25, 0.3) is 0 Å². The molecule has 1 heterocycles. The second kappa shape index (κ2) is 6.85. The van der Waals surface area contributed by atoms with E-state index in [1.165, 1.54) is 0 Å². The first-order valence-electron chi connectivity index (χ1n) is 6.56. The molecule has 4 heteroatoms. The molecule has 1 aromatic carbocycles. The van der Waals surface area contributed by atoms with Crippen molar-refractivity contribution in [3.8, 4) is 0 Å². The van der Waals surface area contributed by atoms with Gasteiger partial charge in [0.1, 0.15) is 0 Å². The molecular formula is C15H19ClN2O. The molecule has 0 saturated heterocycles. The average molecular weight is 279 g/mol. The predicted octanol–water partition coefficient (Wildman–Crippen LogP) is 3.00. The second-order valence-electron chi connectivity index (χ2n) is 4.85. The van der Waals surface area contributed by atoms with E-state index in [4.69, 9.17) is 16.7 Å². The van der Waals surface area contributed by atoms with Gasteiger partial charge in [-0.1, -0.05) is 24.6 Å². The fraction of sp³-hybridized carbons (Fsp3) is 0.400. The molecule has 0 fully saturated rings. The van der Waals surface area contributed by atoms with Crippen molar-refractivity contribution in [1.29, 1.82) is 0 Å². The van der Waals surface area contributed by atoms with E-state index >= 15 is 0 Å². The molecular weight excluding hydrogens is 260 g/mol. The van der Waals surface area contributed by atoms with Crippen LogP contribution in [0.25, 0.3) is 10.9 Å². The Morgan fingerprint density at radius 1 is 1.37 bits per heavy atom. The number of aliphatic hydroxyl groups excluding tert-OH is 1. The Kier molecular flexibility index (Phi) is 5.14. The summed E-state index contributed by atoms with van der Waals surface area (Å²) < 4.78 is 0. The summed E-state index contributed by atoms with van der Waals surface area (Å²) in [5.74, 6) is 0.469. The SMILES string of the molecule is CC(CCO)CNCc1ccc(Cl)c2cccnc12. The van der Waals surface area contributed by atoms with Gasteiger partial charge >= 0.3 is 0 Å². The summed E-state index contributed by atoms with van der Waals surface area (Å²) in [4.78, 5) is 4.41. The molecule has 102 valence electrons. The Morgan fingerprint density at radius 2 is 2.21 bits per heavy atom. The zero-order valence-electron chi connectivity index (χ0n) is 11.1. The molecule has 19 heavy (non-hydrogen) atoms. The highest BCUT2D eigenvalue weighted by atomic mass is 35.5. The number of benzene rings is 1. The van der Waals surface area contributed by atoms with Crippen LogP contribution < -0.4 is 5.32 Å². The van der Waals surface area contributed by atoms with Gasteiger partial charge in [0.05, 0.1) is 5.52 Å². The van der Waals surface area contributed by atoms with Crippen LogP contribution in [0, 0.1) is 5.92 Å². The van der Waals surface area contributed by atoms with E-state index in [0.717, 1.165) is 41.0 Å². The Balaban J connectivity index is 2.07. The van der Waals surface area contributed by atoms with Gasteiger partial charge < -0.3 is 10.4 Å². The Morgan fingerprint density at radius 3 is 3.00 bits per heavy atom. The third-order valence-corrected chi connectivity index (χ3v) is 3.56. The molecule has 2 rings (SSSR count). The standard InChI is InChI=1S/C15H19ClN2O/c1-11(6-8-19)9-17-10-12-4-5-14(16)13-3-2-7-18-15(12)13/h2-5,7,11,17,19H,6,8-10H2,1H3. The molecule has 0 amide bonds. The number of aliphatic hydroxyl groups is 1. The van der Waals surface area contributed by atoms with Crippen LogP contribution in [0.3, 0.4) is 0 Å². The van der Waals surface area contributed by atoms with E-state index in [1.807, 2.05) is 24.3 Å². The quantitative estimate of drug-likeness (QED) is 0.854. The molecule has 0 aliphatic rings. The van der Waals surface area contributed by atoms with Gasteiger partial charge in [0.2, 0.25) is 0 Å². The van der Waals surface area contributed by atoms with Crippen molar-refractivity contribution in [2.24, 2.45) is 5.92 Å². The first-order valence-corrected chi connectivity index (χ1v) is 6.94. The summed E-state index contributed by atoms with van der Waals surface area (Å²) in [6.07, 6.45) is 2.61. The lowest BCUT2D eigenvalue weighted by Gasteiger charge is -2.12. The monoisotopic (exact) mass is 278 g/mol. The van der Waals surface area contributed by atoms with Crippen molar-refractivity contribution >= 4 is 22.5 Å². The summed E-state index contributed by atoms with van der Waals surface area (Å²) in [6, 6.07) is 7.82. The average Bonchev–Trinajstić information content (AvgIpc) is 2.42. The number of nitrogens with one attached hydrogen (secondary N) is 1. The van der Waals surface area contributed by atoms with E-state index in [1.54, 1.807) is 6.20 Å². The fourth-order valence-corrected chi connectivity index (χ4v) is 2.33. The number of nitrogens with zero attached hydrogens (tertiary/aromatic N) is 1. The molecule has 0 bridgehead atoms.